The Hall–Kier alpha value is -2.33. The van der Waals surface area contributed by atoms with Crippen LogP contribution in [0.1, 0.15) is 5.56 Å². The van der Waals surface area contributed by atoms with E-state index < -0.39 is 0 Å². The Balaban J connectivity index is 2.23. The second-order valence-electron chi connectivity index (χ2n) is 4.94. The molecule has 0 saturated heterocycles. The summed E-state index contributed by atoms with van der Waals surface area (Å²) in [6.07, 6.45) is 0. The maximum absolute atomic E-state index is 6.01. The van der Waals surface area contributed by atoms with E-state index >= 15 is 0 Å². The van der Waals surface area contributed by atoms with Gasteiger partial charge in [0, 0.05) is 24.3 Å². The van der Waals surface area contributed by atoms with Crippen LogP contribution in [0.15, 0.2) is 42.5 Å². The molecule has 0 spiro atoms. The zero-order valence-electron chi connectivity index (χ0n) is 11.5. The Bertz CT molecular complexity index is 758. The Labute approximate surface area is 118 Å². The lowest BCUT2D eigenvalue weighted by Crippen LogP contribution is -2.11. The number of aromatic nitrogens is 2. The SMILES string of the molecule is Cc1ccc(-c2nc3ccccc3n2CCN)cc1N. The third-order valence-corrected chi connectivity index (χ3v) is 3.54. The lowest BCUT2D eigenvalue weighted by molar-refractivity contribution is 0.735. The van der Waals surface area contributed by atoms with Crippen molar-refractivity contribution in [2.75, 3.05) is 12.3 Å². The molecule has 0 aliphatic heterocycles. The van der Waals surface area contributed by atoms with Crippen LogP contribution in [-0.2, 0) is 6.54 Å². The van der Waals surface area contributed by atoms with Gasteiger partial charge in [0.25, 0.3) is 0 Å². The number of para-hydroxylation sites is 2. The lowest BCUT2D eigenvalue weighted by atomic mass is 10.1. The lowest BCUT2D eigenvalue weighted by Gasteiger charge is -2.09. The Morgan fingerprint density at radius 2 is 1.95 bits per heavy atom. The second kappa shape index (κ2) is 4.98. The van der Waals surface area contributed by atoms with Crippen LogP contribution in [0, 0.1) is 6.92 Å². The summed E-state index contributed by atoms with van der Waals surface area (Å²) in [7, 11) is 0. The van der Waals surface area contributed by atoms with Gasteiger partial charge in [-0.1, -0.05) is 24.3 Å². The summed E-state index contributed by atoms with van der Waals surface area (Å²) in [5.41, 5.74) is 16.7. The number of nitrogens with zero attached hydrogens (tertiary/aromatic N) is 2. The predicted octanol–water partition coefficient (Wildman–Crippen LogP) is 2.55. The highest BCUT2D eigenvalue weighted by Crippen LogP contribution is 2.27. The van der Waals surface area contributed by atoms with Gasteiger partial charge in [0.1, 0.15) is 5.82 Å². The molecular weight excluding hydrogens is 248 g/mol. The molecule has 0 fully saturated rings. The van der Waals surface area contributed by atoms with Gasteiger partial charge in [-0.3, -0.25) is 0 Å². The smallest absolute Gasteiger partial charge is 0.141 e. The van der Waals surface area contributed by atoms with Crippen molar-refractivity contribution in [1.82, 2.24) is 9.55 Å². The molecule has 4 nitrogen and oxygen atoms in total. The number of nitrogen functional groups attached to an aromatic ring is 1. The largest absolute Gasteiger partial charge is 0.398 e. The Morgan fingerprint density at radius 1 is 1.15 bits per heavy atom. The number of fused-ring (bicyclic) bond motifs is 1. The molecule has 20 heavy (non-hydrogen) atoms. The Morgan fingerprint density at radius 3 is 2.70 bits per heavy atom. The number of nitrogens with two attached hydrogens (primary N) is 2. The first-order chi connectivity index (χ1) is 9.70. The molecular formula is C16H18N4. The fraction of sp³-hybridized carbons (Fsp3) is 0.188. The third kappa shape index (κ3) is 2.04. The summed E-state index contributed by atoms with van der Waals surface area (Å²) in [6.45, 7) is 3.32. The molecule has 1 aromatic heterocycles. The van der Waals surface area contributed by atoms with Gasteiger partial charge in [0.2, 0.25) is 0 Å². The first-order valence-electron chi connectivity index (χ1n) is 6.72. The monoisotopic (exact) mass is 266 g/mol. The first kappa shape index (κ1) is 12.7. The number of benzene rings is 2. The minimum Gasteiger partial charge on any atom is -0.398 e. The standard InChI is InChI=1S/C16H18N4/c1-11-6-7-12(10-13(11)18)16-19-14-4-2-3-5-15(14)20(16)9-8-17/h2-7,10H,8-9,17-18H2,1H3. The van der Waals surface area contributed by atoms with Crippen LogP contribution in [0.3, 0.4) is 0 Å². The van der Waals surface area contributed by atoms with Crippen LogP contribution in [0.2, 0.25) is 0 Å². The molecule has 3 rings (SSSR count). The van der Waals surface area contributed by atoms with Crippen molar-refractivity contribution >= 4 is 16.7 Å². The summed E-state index contributed by atoms with van der Waals surface area (Å²) in [4.78, 5) is 4.72. The topological polar surface area (TPSA) is 69.9 Å². The zero-order valence-corrected chi connectivity index (χ0v) is 11.5. The molecule has 0 unspecified atom stereocenters. The summed E-state index contributed by atoms with van der Waals surface area (Å²) < 4.78 is 2.15. The molecule has 4 heteroatoms. The number of anilines is 1. The van der Waals surface area contributed by atoms with Crippen LogP contribution in [-0.4, -0.2) is 16.1 Å². The number of hydrogen-bond acceptors (Lipinski definition) is 3. The fourth-order valence-electron chi connectivity index (χ4n) is 2.43. The number of imidazole rings is 1. The van der Waals surface area contributed by atoms with Crippen molar-refractivity contribution in [3.8, 4) is 11.4 Å². The van der Waals surface area contributed by atoms with E-state index in [0.29, 0.717) is 6.54 Å². The van der Waals surface area contributed by atoms with Gasteiger partial charge in [-0.25, -0.2) is 4.98 Å². The average molecular weight is 266 g/mol. The summed E-state index contributed by atoms with van der Waals surface area (Å²) in [5.74, 6) is 0.920. The van der Waals surface area contributed by atoms with Gasteiger partial charge in [-0.05, 0) is 30.7 Å². The maximum atomic E-state index is 6.01. The van der Waals surface area contributed by atoms with E-state index in [1.165, 1.54) is 0 Å². The molecule has 0 aliphatic rings. The molecule has 0 saturated carbocycles. The van der Waals surface area contributed by atoms with E-state index in [1.54, 1.807) is 0 Å². The van der Waals surface area contributed by atoms with Crippen molar-refractivity contribution in [3.63, 3.8) is 0 Å². The third-order valence-electron chi connectivity index (χ3n) is 3.54. The number of rotatable bonds is 3. The minimum atomic E-state index is 0.578. The van der Waals surface area contributed by atoms with Crippen molar-refractivity contribution in [2.24, 2.45) is 5.73 Å². The van der Waals surface area contributed by atoms with E-state index in [9.17, 15) is 0 Å². The molecule has 0 amide bonds. The van der Waals surface area contributed by atoms with Gasteiger partial charge < -0.3 is 16.0 Å². The van der Waals surface area contributed by atoms with Crippen molar-refractivity contribution < 1.29 is 0 Å². The quantitative estimate of drug-likeness (QED) is 0.716. The molecule has 4 N–H and O–H groups in total. The molecule has 0 aliphatic carbocycles. The van der Waals surface area contributed by atoms with Gasteiger partial charge in [0.15, 0.2) is 0 Å². The summed E-state index contributed by atoms with van der Waals surface area (Å²) in [6, 6.07) is 14.2. The Kier molecular flexibility index (Phi) is 3.16. The van der Waals surface area contributed by atoms with Crippen molar-refractivity contribution in [3.05, 3.63) is 48.0 Å². The van der Waals surface area contributed by atoms with Gasteiger partial charge in [-0.2, -0.15) is 0 Å². The van der Waals surface area contributed by atoms with E-state index in [-0.39, 0.29) is 0 Å². The zero-order chi connectivity index (χ0) is 14.1. The fourth-order valence-corrected chi connectivity index (χ4v) is 2.43. The highest BCUT2D eigenvalue weighted by Gasteiger charge is 2.12. The predicted molar refractivity (Wildman–Crippen MR) is 83.4 cm³/mol. The van der Waals surface area contributed by atoms with Crippen LogP contribution in [0.5, 0.6) is 0 Å². The second-order valence-corrected chi connectivity index (χ2v) is 4.94. The van der Waals surface area contributed by atoms with E-state index in [2.05, 4.69) is 16.7 Å². The van der Waals surface area contributed by atoms with Gasteiger partial charge in [0.05, 0.1) is 11.0 Å². The molecule has 0 atom stereocenters. The molecule has 0 bridgehead atoms. The number of hydrogen-bond donors (Lipinski definition) is 2. The molecule has 2 aromatic carbocycles. The summed E-state index contributed by atoms with van der Waals surface area (Å²) >= 11 is 0. The molecule has 102 valence electrons. The van der Waals surface area contributed by atoms with Gasteiger partial charge >= 0.3 is 0 Å². The molecule has 1 heterocycles. The van der Waals surface area contributed by atoms with E-state index in [1.807, 2.05) is 37.3 Å². The van der Waals surface area contributed by atoms with Crippen molar-refractivity contribution in [1.29, 1.82) is 0 Å². The summed E-state index contributed by atoms with van der Waals surface area (Å²) in [5, 5.41) is 0. The highest BCUT2D eigenvalue weighted by molar-refractivity contribution is 5.81. The number of aryl methyl sites for hydroxylation is 1. The van der Waals surface area contributed by atoms with Crippen LogP contribution < -0.4 is 11.5 Å². The highest BCUT2D eigenvalue weighted by atomic mass is 15.1. The van der Waals surface area contributed by atoms with E-state index in [4.69, 9.17) is 16.5 Å². The van der Waals surface area contributed by atoms with E-state index in [0.717, 1.165) is 40.2 Å². The molecule has 0 radical (unpaired) electrons. The normalized spacial score (nSPS) is 11.1. The van der Waals surface area contributed by atoms with Crippen LogP contribution in [0.25, 0.3) is 22.4 Å². The van der Waals surface area contributed by atoms with Crippen LogP contribution >= 0.6 is 0 Å². The van der Waals surface area contributed by atoms with Crippen molar-refractivity contribution in [2.45, 2.75) is 13.5 Å². The average Bonchev–Trinajstić information content (AvgIpc) is 2.82. The maximum Gasteiger partial charge on any atom is 0.141 e. The van der Waals surface area contributed by atoms with Crippen LogP contribution in [0.4, 0.5) is 5.69 Å². The minimum absolute atomic E-state index is 0.578. The molecule has 3 aromatic rings. The first-order valence-corrected chi connectivity index (χ1v) is 6.72. The van der Waals surface area contributed by atoms with Gasteiger partial charge in [-0.15, -0.1) is 0 Å².